The van der Waals surface area contributed by atoms with E-state index in [9.17, 15) is 18.0 Å². The number of hydrogen-bond donors (Lipinski definition) is 1. The van der Waals surface area contributed by atoms with Gasteiger partial charge < -0.3 is 13.7 Å². The number of hydrogen-bond acceptors (Lipinski definition) is 6. The van der Waals surface area contributed by atoms with Gasteiger partial charge in [0.25, 0.3) is 5.91 Å². The van der Waals surface area contributed by atoms with E-state index in [1.54, 1.807) is 18.2 Å². The lowest BCUT2D eigenvalue weighted by Gasteiger charge is -2.30. The number of piperidine rings is 1. The summed E-state index contributed by atoms with van der Waals surface area (Å²) in [6.45, 7) is 0.653. The maximum Gasteiger partial charge on any atom is 0.470 e. The predicted molar refractivity (Wildman–Crippen MR) is 83.5 cm³/mol. The maximum absolute atomic E-state index is 12.7. The van der Waals surface area contributed by atoms with Crippen molar-refractivity contribution >= 4 is 5.91 Å². The van der Waals surface area contributed by atoms with Gasteiger partial charge in [-0.2, -0.15) is 18.3 Å². The van der Waals surface area contributed by atoms with Gasteiger partial charge in [-0.3, -0.25) is 9.89 Å². The average Bonchev–Trinajstić information content (AvgIpc) is 3.41. The van der Waals surface area contributed by atoms with Crippen molar-refractivity contribution in [3.05, 3.63) is 41.9 Å². The normalized spacial score (nSPS) is 18.0. The van der Waals surface area contributed by atoms with Crippen molar-refractivity contribution in [2.75, 3.05) is 13.1 Å². The summed E-state index contributed by atoms with van der Waals surface area (Å²) in [6, 6.07) is 5.01. The first-order valence-electron chi connectivity index (χ1n) is 8.21. The van der Waals surface area contributed by atoms with Crippen LogP contribution in [0.4, 0.5) is 13.2 Å². The molecule has 1 N–H and O–H groups in total. The van der Waals surface area contributed by atoms with Crippen LogP contribution in [0.25, 0.3) is 11.5 Å². The Kier molecular flexibility index (Phi) is 4.21. The van der Waals surface area contributed by atoms with Crippen LogP contribution in [0.1, 0.15) is 41.0 Å². The quantitative estimate of drug-likeness (QED) is 0.748. The number of alkyl halides is 3. The third kappa shape index (κ3) is 3.44. The molecule has 3 aromatic rings. The minimum Gasteiger partial charge on any atom is -0.463 e. The Morgan fingerprint density at radius 3 is 2.89 bits per heavy atom. The molecule has 8 nitrogen and oxygen atoms in total. The highest BCUT2D eigenvalue weighted by molar-refractivity contribution is 5.93. The molecule has 0 bridgehead atoms. The Morgan fingerprint density at radius 2 is 2.19 bits per heavy atom. The van der Waals surface area contributed by atoms with Crippen molar-refractivity contribution in [1.29, 1.82) is 0 Å². The van der Waals surface area contributed by atoms with Crippen molar-refractivity contribution < 1.29 is 26.8 Å². The third-order valence-electron chi connectivity index (χ3n) is 4.32. The lowest BCUT2D eigenvalue weighted by Crippen LogP contribution is -2.39. The van der Waals surface area contributed by atoms with Gasteiger partial charge in [0.2, 0.25) is 5.89 Å². The largest absolute Gasteiger partial charge is 0.470 e. The number of nitrogens with zero attached hydrogens (tertiary/aromatic N) is 4. The molecule has 0 saturated carbocycles. The van der Waals surface area contributed by atoms with E-state index in [2.05, 4.69) is 20.4 Å². The van der Waals surface area contributed by atoms with E-state index in [0.717, 1.165) is 0 Å². The molecule has 1 aliphatic heterocycles. The minimum absolute atomic E-state index is 0.113. The van der Waals surface area contributed by atoms with E-state index in [1.807, 2.05) is 0 Å². The molecule has 1 atom stereocenters. The molecular formula is C16H14F3N5O3. The highest BCUT2D eigenvalue weighted by atomic mass is 19.4. The second kappa shape index (κ2) is 6.56. The van der Waals surface area contributed by atoms with Crippen molar-refractivity contribution in [2.45, 2.75) is 24.9 Å². The molecule has 1 unspecified atom stereocenters. The fourth-order valence-corrected chi connectivity index (χ4v) is 3.03. The standard InChI is InChI=1S/C16H14F3N5O3/c17-16(18,19)15-23-22-13(27-15)9-3-1-5-24(8-9)14(25)11-7-10(20-21-11)12-4-2-6-26-12/h2,4,6-7,9H,1,3,5,8H2,(H,20,21). The number of likely N-dealkylation sites (tertiary alicyclic amines) is 1. The Labute approximate surface area is 150 Å². The first-order chi connectivity index (χ1) is 12.9. The van der Waals surface area contributed by atoms with Gasteiger partial charge in [0.1, 0.15) is 5.69 Å². The molecule has 0 radical (unpaired) electrons. The van der Waals surface area contributed by atoms with Crippen LogP contribution in [0.5, 0.6) is 0 Å². The molecule has 0 spiro atoms. The van der Waals surface area contributed by atoms with Crippen molar-refractivity contribution in [3.63, 3.8) is 0 Å². The van der Waals surface area contributed by atoms with Crippen molar-refractivity contribution in [3.8, 4) is 11.5 Å². The van der Waals surface area contributed by atoms with Crippen LogP contribution in [0, 0.1) is 0 Å². The molecule has 1 saturated heterocycles. The van der Waals surface area contributed by atoms with Gasteiger partial charge in [-0.15, -0.1) is 10.2 Å². The number of halogens is 3. The van der Waals surface area contributed by atoms with Crippen LogP contribution in [-0.4, -0.2) is 44.3 Å². The molecule has 3 aromatic heterocycles. The Balaban J connectivity index is 1.48. The lowest BCUT2D eigenvalue weighted by atomic mass is 9.98. The lowest BCUT2D eigenvalue weighted by molar-refractivity contribution is -0.157. The Hall–Kier alpha value is -3.11. The number of aromatic nitrogens is 4. The molecular weight excluding hydrogens is 367 g/mol. The second-order valence-electron chi connectivity index (χ2n) is 6.18. The van der Waals surface area contributed by atoms with Crippen LogP contribution < -0.4 is 0 Å². The number of aromatic amines is 1. The third-order valence-corrected chi connectivity index (χ3v) is 4.32. The molecule has 4 rings (SSSR count). The number of carbonyl (C=O) groups is 1. The highest BCUT2D eigenvalue weighted by Gasteiger charge is 2.39. The molecule has 11 heteroatoms. The first-order valence-corrected chi connectivity index (χ1v) is 8.21. The summed E-state index contributed by atoms with van der Waals surface area (Å²) in [7, 11) is 0. The number of furan rings is 1. The average molecular weight is 381 g/mol. The van der Waals surface area contributed by atoms with Gasteiger partial charge in [0.05, 0.1) is 12.2 Å². The number of rotatable bonds is 3. The summed E-state index contributed by atoms with van der Waals surface area (Å²) < 4.78 is 47.9. The fraction of sp³-hybridized carbons (Fsp3) is 0.375. The van der Waals surface area contributed by atoms with Gasteiger partial charge in [0, 0.05) is 19.2 Å². The zero-order chi connectivity index (χ0) is 19.0. The molecule has 1 amide bonds. The van der Waals surface area contributed by atoms with Crippen LogP contribution >= 0.6 is 0 Å². The zero-order valence-electron chi connectivity index (χ0n) is 13.9. The van der Waals surface area contributed by atoms with Gasteiger partial charge >= 0.3 is 12.1 Å². The summed E-state index contributed by atoms with van der Waals surface area (Å²) >= 11 is 0. The van der Waals surface area contributed by atoms with E-state index in [4.69, 9.17) is 8.83 Å². The molecule has 0 aliphatic carbocycles. The number of nitrogens with one attached hydrogen (secondary N) is 1. The van der Waals surface area contributed by atoms with E-state index < -0.39 is 18.0 Å². The molecule has 27 heavy (non-hydrogen) atoms. The summed E-state index contributed by atoms with van der Waals surface area (Å²) in [5.74, 6) is -1.72. The Morgan fingerprint density at radius 1 is 1.33 bits per heavy atom. The van der Waals surface area contributed by atoms with Gasteiger partial charge in [-0.25, -0.2) is 0 Å². The predicted octanol–water partition coefficient (Wildman–Crippen LogP) is 3.09. The van der Waals surface area contributed by atoms with Gasteiger partial charge in [-0.1, -0.05) is 0 Å². The summed E-state index contributed by atoms with van der Waals surface area (Å²) in [6.07, 6.45) is -2.02. The Bertz CT molecular complexity index is 931. The fourth-order valence-electron chi connectivity index (χ4n) is 3.03. The van der Waals surface area contributed by atoms with Crippen molar-refractivity contribution in [1.82, 2.24) is 25.3 Å². The minimum atomic E-state index is -4.69. The first kappa shape index (κ1) is 17.3. The SMILES string of the molecule is O=C(c1cc(-c2ccco2)[nH]n1)N1CCCC(c2nnc(C(F)(F)F)o2)C1. The van der Waals surface area contributed by atoms with Gasteiger partial charge in [-0.05, 0) is 25.0 Å². The van der Waals surface area contributed by atoms with Crippen LogP contribution in [0.3, 0.4) is 0 Å². The molecule has 1 aliphatic rings. The summed E-state index contributed by atoms with van der Waals surface area (Å²) in [5.41, 5.74) is 0.757. The smallest absolute Gasteiger partial charge is 0.463 e. The monoisotopic (exact) mass is 381 g/mol. The van der Waals surface area contributed by atoms with E-state index in [1.165, 1.54) is 11.2 Å². The molecule has 4 heterocycles. The van der Waals surface area contributed by atoms with E-state index in [-0.39, 0.29) is 24.0 Å². The molecule has 0 aromatic carbocycles. The number of carbonyl (C=O) groups excluding carboxylic acids is 1. The van der Waals surface area contributed by atoms with Crippen LogP contribution in [0.2, 0.25) is 0 Å². The summed E-state index contributed by atoms with van der Waals surface area (Å²) in [4.78, 5) is 14.2. The second-order valence-corrected chi connectivity index (χ2v) is 6.18. The number of amides is 1. The molecule has 1 fully saturated rings. The zero-order valence-corrected chi connectivity index (χ0v) is 13.9. The van der Waals surface area contributed by atoms with E-state index >= 15 is 0 Å². The van der Waals surface area contributed by atoms with E-state index in [0.29, 0.717) is 30.8 Å². The summed E-state index contributed by atoms with van der Waals surface area (Å²) in [5, 5.41) is 13.3. The van der Waals surface area contributed by atoms with Crippen LogP contribution in [0.15, 0.2) is 33.3 Å². The topological polar surface area (TPSA) is 101 Å². The van der Waals surface area contributed by atoms with Gasteiger partial charge in [0.15, 0.2) is 11.5 Å². The van der Waals surface area contributed by atoms with Crippen molar-refractivity contribution in [2.24, 2.45) is 0 Å². The number of H-pyrrole nitrogens is 1. The van der Waals surface area contributed by atoms with Crippen LogP contribution in [-0.2, 0) is 6.18 Å². The highest BCUT2D eigenvalue weighted by Crippen LogP contribution is 2.32. The maximum atomic E-state index is 12.7. The molecule has 142 valence electrons.